The fraction of sp³-hybridized carbons (Fsp3) is 0.143. The Bertz CT molecular complexity index is 537. The van der Waals surface area contributed by atoms with Crippen LogP contribution in [0.15, 0.2) is 51.4 Å². The first kappa shape index (κ1) is 14.6. The van der Waals surface area contributed by atoms with Crippen LogP contribution in [0.2, 0.25) is 5.02 Å². The molecule has 0 bridgehead atoms. The molecule has 18 heavy (non-hydrogen) atoms. The normalized spacial score (nSPS) is 12.4. The Kier molecular flexibility index (Phi) is 5.31. The third-order valence-electron chi connectivity index (χ3n) is 2.63. The summed E-state index contributed by atoms with van der Waals surface area (Å²) in [4.78, 5) is 0.284. The largest absolute Gasteiger partial charge is 0.0835 e. The van der Waals surface area contributed by atoms with Crippen molar-refractivity contribution in [2.24, 2.45) is 0 Å². The van der Waals surface area contributed by atoms with E-state index < -0.39 is 0 Å². The summed E-state index contributed by atoms with van der Waals surface area (Å²) in [6.07, 6.45) is 0.946. The summed E-state index contributed by atoms with van der Waals surface area (Å²) in [5.41, 5.74) is 2.51. The first-order valence-electron chi connectivity index (χ1n) is 5.40. The topological polar surface area (TPSA) is 0 Å². The van der Waals surface area contributed by atoms with Crippen LogP contribution in [0.3, 0.4) is 0 Å². The van der Waals surface area contributed by atoms with Gasteiger partial charge in [-0.25, -0.2) is 0 Å². The number of hydrogen-bond donors (Lipinski definition) is 0. The van der Waals surface area contributed by atoms with E-state index in [1.165, 1.54) is 11.1 Å². The van der Waals surface area contributed by atoms with Gasteiger partial charge in [-0.1, -0.05) is 61.7 Å². The van der Waals surface area contributed by atoms with E-state index in [0.717, 1.165) is 20.4 Å². The average Bonchev–Trinajstić information content (AvgIpc) is 2.35. The molecule has 0 radical (unpaired) electrons. The Hall–Kier alpha value is 0.170. The highest BCUT2D eigenvalue weighted by molar-refractivity contribution is 9.11. The summed E-state index contributed by atoms with van der Waals surface area (Å²) in [5, 5.41) is 0.738. The lowest BCUT2D eigenvalue weighted by Crippen LogP contribution is -1.95. The zero-order chi connectivity index (χ0) is 13.1. The van der Waals surface area contributed by atoms with E-state index >= 15 is 0 Å². The van der Waals surface area contributed by atoms with Crippen molar-refractivity contribution in [1.82, 2.24) is 0 Å². The Morgan fingerprint density at radius 1 is 1.00 bits per heavy atom. The van der Waals surface area contributed by atoms with E-state index in [1.807, 2.05) is 12.1 Å². The average molecular weight is 453 g/mol. The van der Waals surface area contributed by atoms with Crippen LogP contribution in [0.25, 0.3) is 0 Å². The maximum atomic E-state index is 6.00. The summed E-state index contributed by atoms with van der Waals surface area (Å²) in [7, 11) is 0. The molecule has 0 N–H and O–H groups in total. The van der Waals surface area contributed by atoms with Crippen molar-refractivity contribution in [2.75, 3.05) is 0 Å². The van der Waals surface area contributed by atoms with Crippen molar-refractivity contribution >= 4 is 59.4 Å². The zero-order valence-corrected chi connectivity index (χ0v) is 14.9. The number of alkyl halides is 1. The SMILES string of the molecule is Clc1ccc(C(Br)Cc2ccc(Br)cc2)cc1Br. The van der Waals surface area contributed by atoms with Gasteiger partial charge in [0.15, 0.2) is 0 Å². The monoisotopic (exact) mass is 450 g/mol. The van der Waals surface area contributed by atoms with Gasteiger partial charge in [0.2, 0.25) is 0 Å². The van der Waals surface area contributed by atoms with Crippen LogP contribution in [0.5, 0.6) is 0 Å². The lowest BCUT2D eigenvalue weighted by molar-refractivity contribution is 0.947. The van der Waals surface area contributed by atoms with Crippen LogP contribution in [0.1, 0.15) is 16.0 Å². The Morgan fingerprint density at radius 3 is 2.28 bits per heavy atom. The summed E-state index contributed by atoms with van der Waals surface area (Å²) >= 11 is 16.6. The number of hydrogen-bond acceptors (Lipinski definition) is 0. The minimum Gasteiger partial charge on any atom is -0.0835 e. The third kappa shape index (κ3) is 3.83. The van der Waals surface area contributed by atoms with Crippen LogP contribution < -0.4 is 0 Å². The summed E-state index contributed by atoms with van der Waals surface area (Å²) in [5.74, 6) is 0. The molecule has 0 saturated carbocycles. The van der Waals surface area contributed by atoms with Crippen molar-refractivity contribution in [2.45, 2.75) is 11.2 Å². The second-order valence-corrected chi connectivity index (χ2v) is 7.25. The minimum absolute atomic E-state index is 0.284. The van der Waals surface area contributed by atoms with Crippen molar-refractivity contribution in [3.05, 3.63) is 67.6 Å². The van der Waals surface area contributed by atoms with Gasteiger partial charge in [0.25, 0.3) is 0 Å². The second kappa shape index (κ2) is 6.56. The molecular formula is C14H10Br3Cl. The molecule has 4 heteroatoms. The highest BCUT2D eigenvalue weighted by Gasteiger charge is 2.10. The van der Waals surface area contributed by atoms with E-state index in [9.17, 15) is 0 Å². The van der Waals surface area contributed by atoms with Gasteiger partial charge in [-0.15, -0.1) is 0 Å². The molecule has 0 nitrogen and oxygen atoms in total. The lowest BCUT2D eigenvalue weighted by atomic mass is 10.0. The maximum Gasteiger partial charge on any atom is 0.0548 e. The van der Waals surface area contributed by atoms with E-state index in [4.69, 9.17) is 11.6 Å². The first-order chi connectivity index (χ1) is 8.56. The summed E-state index contributed by atoms with van der Waals surface area (Å²) in [6, 6.07) is 14.4. The van der Waals surface area contributed by atoms with Crippen LogP contribution in [0.4, 0.5) is 0 Å². The highest BCUT2D eigenvalue weighted by atomic mass is 79.9. The molecule has 0 aliphatic rings. The van der Waals surface area contributed by atoms with Crippen LogP contribution >= 0.6 is 59.4 Å². The van der Waals surface area contributed by atoms with Crippen molar-refractivity contribution in [3.8, 4) is 0 Å². The molecule has 2 aromatic rings. The fourth-order valence-corrected chi connectivity index (χ4v) is 3.09. The molecule has 0 heterocycles. The smallest absolute Gasteiger partial charge is 0.0548 e. The third-order valence-corrected chi connectivity index (χ3v) is 5.23. The maximum absolute atomic E-state index is 6.00. The standard InChI is InChI=1S/C14H10Br3Cl/c15-11-4-1-9(2-5-11)7-12(16)10-3-6-14(18)13(17)8-10/h1-6,8,12H,7H2. The number of halogens is 4. The van der Waals surface area contributed by atoms with E-state index in [-0.39, 0.29) is 4.83 Å². The molecule has 0 aliphatic carbocycles. The Labute approximate surface area is 137 Å². The molecular weight excluding hydrogens is 443 g/mol. The predicted octanol–water partition coefficient (Wildman–Crippen LogP) is 6.54. The minimum atomic E-state index is 0.284. The quantitative estimate of drug-likeness (QED) is 0.463. The first-order valence-corrected chi connectivity index (χ1v) is 8.27. The molecule has 2 rings (SSSR count). The van der Waals surface area contributed by atoms with Gasteiger partial charge in [0.05, 0.1) is 5.02 Å². The van der Waals surface area contributed by atoms with Gasteiger partial charge in [-0.3, -0.25) is 0 Å². The summed E-state index contributed by atoms with van der Waals surface area (Å²) < 4.78 is 2.04. The van der Waals surface area contributed by atoms with Gasteiger partial charge in [0.1, 0.15) is 0 Å². The molecule has 0 fully saturated rings. The molecule has 0 aliphatic heterocycles. The molecule has 0 amide bonds. The lowest BCUT2D eigenvalue weighted by Gasteiger charge is -2.11. The van der Waals surface area contributed by atoms with E-state index in [1.54, 1.807) is 0 Å². The fourth-order valence-electron chi connectivity index (χ4n) is 1.65. The zero-order valence-electron chi connectivity index (χ0n) is 9.34. The van der Waals surface area contributed by atoms with E-state index in [0.29, 0.717) is 0 Å². The Balaban J connectivity index is 2.13. The van der Waals surface area contributed by atoms with Gasteiger partial charge >= 0.3 is 0 Å². The second-order valence-electron chi connectivity index (χ2n) is 3.97. The van der Waals surface area contributed by atoms with Gasteiger partial charge in [-0.05, 0) is 57.7 Å². The van der Waals surface area contributed by atoms with Gasteiger partial charge < -0.3 is 0 Å². The molecule has 94 valence electrons. The molecule has 0 aromatic heterocycles. The van der Waals surface area contributed by atoms with Crippen molar-refractivity contribution in [3.63, 3.8) is 0 Å². The van der Waals surface area contributed by atoms with Crippen molar-refractivity contribution in [1.29, 1.82) is 0 Å². The number of rotatable bonds is 3. The van der Waals surface area contributed by atoms with Crippen LogP contribution in [0, 0.1) is 0 Å². The highest BCUT2D eigenvalue weighted by Crippen LogP contribution is 2.32. The van der Waals surface area contributed by atoms with Gasteiger partial charge in [-0.2, -0.15) is 0 Å². The van der Waals surface area contributed by atoms with Crippen molar-refractivity contribution < 1.29 is 0 Å². The molecule has 0 spiro atoms. The summed E-state index contributed by atoms with van der Waals surface area (Å²) in [6.45, 7) is 0. The predicted molar refractivity (Wildman–Crippen MR) is 88.7 cm³/mol. The molecule has 1 atom stereocenters. The van der Waals surface area contributed by atoms with Crippen LogP contribution in [-0.4, -0.2) is 0 Å². The van der Waals surface area contributed by atoms with Crippen LogP contribution in [-0.2, 0) is 6.42 Å². The molecule has 1 unspecified atom stereocenters. The van der Waals surface area contributed by atoms with Gasteiger partial charge in [0, 0.05) is 13.8 Å². The molecule has 2 aromatic carbocycles. The number of benzene rings is 2. The Morgan fingerprint density at radius 2 is 1.67 bits per heavy atom. The molecule has 0 saturated heterocycles. The van der Waals surface area contributed by atoms with E-state index in [2.05, 4.69) is 78.1 Å².